The van der Waals surface area contributed by atoms with E-state index in [1.807, 2.05) is 18.3 Å². The van der Waals surface area contributed by atoms with Crippen molar-refractivity contribution >= 4 is 0 Å². The van der Waals surface area contributed by atoms with Crippen LogP contribution in [-0.4, -0.2) is 14.9 Å². The number of benzene rings is 1. The molecule has 0 bridgehead atoms. The highest BCUT2D eigenvalue weighted by atomic mass is 16.3. The van der Waals surface area contributed by atoms with Gasteiger partial charge in [-0.15, -0.1) is 0 Å². The second-order valence-electron chi connectivity index (χ2n) is 4.23. The van der Waals surface area contributed by atoms with Gasteiger partial charge in [0, 0.05) is 17.8 Å². The fourth-order valence-corrected chi connectivity index (χ4v) is 2.30. The third-order valence-corrected chi connectivity index (χ3v) is 3.16. The Balaban J connectivity index is 2.06. The zero-order valence-corrected chi connectivity index (χ0v) is 9.06. The number of nitrogens with zero attached hydrogens (tertiary/aromatic N) is 2. The number of aryl methyl sites for hydroxylation is 1. The first-order valence-electron chi connectivity index (χ1n) is 5.69. The van der Waals surface area contributed by atoms with Crippen molar-refractivity contribution in [2.45, 2.75) is 25.8 Å². The molecule has 16 heavy (non-hydrogen) atoms. The number of hydrogen-bond donors (Lipinski definition) is 1. The second kappa shape index (κ2) is 3.67. The number of phenolic OH excluding ortho intramolecular Hbond substituents is 1. The first-order valence-corrected chi connectivity index (χ1v) is 5.69. The Kier molecular flexibility index (Phi) is 2.17. The van der Waals surface area contributed by atoms with Crippen LogP contribution in [0.1, 0.15) is 18.5 Å². The molecule has 82 valence electrons. The molecule has 1 N–H and O–H groups in total. The van der Waals surface area contributed by atoms with Crippen LogP contribution in [0.2, 0.25) is 0 Å². The van der Waals surface area contributed by atoms with Crippen molar-refractivity contribution in [3.63, 3.8) is 0 Å². The minimum Gasteiger partial charge on any atom is -0.508 e. The second-order valence-corrected chi connectivity index (χ2v) is 4.23. The molecule has 0 spiro atoms. The van der Waals surface area contributed by atoms with Crippen LogP contribution in [0.25, 0.3) is 11.1 Å². The van der Waals surface area contributed by atoms with Crippen LogP contribution in [0, 0.1) is 0 Å². The summed E-state index contributed by atoms with van der Waals surface area (Å²) in [5.74, 6) is 0.310. The molecule has 1 aliphatic heterocycles. The largest absolute Gasteiger partial charge is 0.508 e. The lowest BCUT2D eigenvalue weighted by Crippen LogP contribution is -2.11. The van der Waals surface area contributed by atoms with Gasteiger partial charge in [-0.3, -0.25) is 4.68 Å². The quantitative estimate of drug-likeness (QED) is 0.792. The Morgan fingerprint density at radius 2 is 1.94 bits per heavy atom. The molecule has 3 heteroatoms. The van der Waals surface area contributed by atoms with E-state index in [2.05, 4.69) is 9.78 Å². The Morgan fingerprint density at radius 3 is 2.75 bits per heavy atom. The minimum atomic E-state index is 0.310. The lowest BCUT2D eigenvalue weighted by atomic mass is 10.0. The maximum Gasteiger partial charge on any atom is 0.115 e. The monoisotopic (exact) mass is 214 g/mol. The molecule has 2 aromatic rings. The highest BCUT2D eigenvalue weighted by molar-refractivity contribution is 5.66. The molecule has 0 unspecified atom stereocenters. The summed E-state index contributed by atoms with van der Waals surface area (Å²) in [7, 11) is 0. The van der Waals surface area contributed by atoms with Gasteiger partial charge in [-0.05, 0) is 37.0 Å². The van der Waals surface area contributed by atoms with Crippen molar-refractivity contribution in [3.05, 3.63) is 36.2 Å². The Labute approximate surface area is 94.3 Å². The van der Waals surface area contributed by atoms with Crippen molar-refractivity contribution < 1.29 is 5.11 Å². The molecule has 0 atom stereocenters. The summed E-state index contributed by atoms with van der Waals surface area (Å²) >= 11 is 0. The highest BCUT2D eigenvalue weighted by Gasteiger charge is 2.15. The number of aromatic hydroxyl groups is 1. The maximum absolute atomic E-state index is 9.27. The van der Waals surface area contributed by atoms with E-state index < -0.39 is 0 Å². The van der Waals surface area contributed by atoms with Gasteiger partial charge in [0.05, 0.1) is 6.20 Å². The van der Waals surface area contributed by atoms with Gasteiger partial charge in [-0.2, -0.15) is 5.10 Å². The molecule has 0 amide bonds. The smallest absolute Gasteiger partial charge is 0.115 e. The molecule has 0 radical (unpaired) electrons. The lowest BCUT2D eigenvalue weighted by molar-refractivity contribution is 0.475. The molecular weight excluding hydrogens is 200 g/mol. The van der Waals surface area contributed by atoms with Gasteiger partial charge in [0.2, 0.25) is 0 Å². The van der Waals surface area contributed by atoms with Gasteiger partial charge in [0.25, 0.3) is 0 Å². The topological polar surface area (TPSA) is 38.1 Å². The molecule has 0 saturated carbocycles. The third kappa shape index (κ3) is 1.48. The van der Waals surface area contributed by atoms with Crippen LogP contribution in [0.3, 0.4) is 0 Å². The fourth-order valence-electron chi connectivity index (χ4n) is 2.30. The first-order chi connectivity index (χ1) is 7.84. The van der Waals surface area contributed by atoms with Gasteiger partial charge < -0.3 is 5.11 Å². The predicted molar refractivity (Wildman–Crippen MR) is 62.3 cm³/mol. The van der Waals surface area contributed by atoms with E-state index in [1.165, 1.54) is 24.1 Å². The van der Waals surface area contributed by atoms with E-state index >= 15 is 0 Å². The highest BCUT2D eigenvalue weighted by Crippen LogP contribution is 2.28. The van der Waals surface area contributed by atoms with Gasteiger partial charge in [0.1, 0.15) is 5.75 Å². The molecule has 1 aromatic heterocycles. The summed E-state index contributed by atoms with van der Waals surface area (Å²) in [6.07, 6.45) is 5.52. The summed E-state index contributed by atoms with van der Waals surface area (Å²) < 4.78 is 2.10. The van der Waals surface area contributed by atoms with Crippen molar-refractivity contribution in [2.24, 2.45) is 0 Å². The van der Waals surface area contributed by atoms with E-state index in [0.717, 1.165) is 18.5 Å². The van der Waals surface area contributed by atoms with Gasteiger partial charge in [-0.1, -0.05) is 12.1 Å². The van der Waals surface area contributed by atoms with Crippen molar-refractivity contribution in [3.8, 4) is 16.9 Å². The molecular formula is C13H14N2O. The van der Waals surface area contributed by atoms with Crippen LogP contribution in [-0.2, 0) is 13.0 Å². The van der Waals surface area contributed by atoms with E-state index in [4.69, 9.17) is 0 Å². The lowest BCUT2D eigenvalue weighted by Gasteiger charge is -2.14. The molecule has 2 heterocycles. The Hall–Kier alpha value is -1.77. The van der Waals surface area contributed by atoms with Crippen molar-refractivity contribution in [1.82, 2.24) is 9.78 Å². The molecule has 0 fully saturated rings. The van der Waals surface area contributed by atoms with Crippen LogP contribution < -0.4 is 0 Å². The normalized spacial score (nSPS) is 14.8. The number of hydrogen-bond acceptors (Lipinski definition) is 2. The fraction of sp³-hybridized carbons (Fsp3) is 0.308. The average Bonchev–Trinajstić information content (AvgIpc) is 2.74. The Bertz CT molecular complexity index is 499. The molecule has 0 aliphatic carbocycles. The summed E-state index contributed by atoms with van der Waals surface area (Å²) in [6.45, 7) is 1.04. The minimum absolute atomic E-state index is 0.310. The number of rotatable bonds is 1. The Morgan fingerprint density at radius 1 is 1.12 bits per heavy atom. The summed E-state index contributed by atoms with van der Waals surface area (Å²) in [5.41, 5.74) is 3.68. The van der Waals surface area contributed by atoms with E-state index in [-0.39, 0.29) is 0 Å². The molecule has 1 aromatic carbocycles. The molecule has 0 saturated heterocycles. The third-order valence-electron chi connectivity index (χ3n) is 3.16. The standard InChI is InChI=1S/C13H14N2O/c16-11-6-4-10(5-7-11)12-9-14-15-8-2-1-3-13(12)15/h4-7,9,16H,1-3,8H2. The van der Waals surface area contributed by atoms with Crippen LogP contribution in [0.15, 0.2) is 30.5 Å². The molecule has 3 nitrogen and oxygen atoms in total. The van der Waals surface area contributed by atoms with Crippen LogP contribution in [0.4, 0.5) is 0 Å². The van der Waals surface area contributed by atoms with E-state index in [0.29, 0.717) is 5.75 Å². The summed E-state index contributed by atoms with van der Waals surface area (Å²) in [6, 6.07) is 7.34. The number of fused-ring (bicyclic) bond motifs is 1. The zero-order valence-electron chi connectivity index (χ0n) is 9.06. The van der Waals surface area contributed by atoms with Crippen LogP contribution >= 0.6 is 0 Å². The van der Waals surface area contributed by atoms with Crippen LogP contribution in [0.5, 0.6) is 5.75 Å². The molecule has 3 rings (SSSR count). The van der Waals surface area contributed by atoms with Gasteiger partial charge in [-0.25, -0.2) is 0 Å². The summed E-state index contributed by atoms with van der Waals surface area (Å²) in [5, 5.41) is 13.7. The first kappa shape index (κ1) is 9.46. The maximum atomic E-state index is 9.27. The van der Waals surface area contributed by atoms with Gasteiger partial charge in [0.15, 0.2) is 0 Å². The predicted octanol–water partition coefficient (Wildman–Crippen LogP) is 2.59. The SMILES string of the molecule is Oc1ccc(-c2cnn3c2CCCC3)cc1. The van der Waals surface area contributed by atoms with E-state index in [9.17, 15) is 5.11 Å². The summed E-state index contributed by atoms with van der Waals surface area (Å²) in [4.78, 5) is 0. The zero-order chi connectivity index (χ0) is 11.0. The van der Waals surface area contributed by atoms with Crippen molar-refractivity contribution in [2.75, 3.05) is 0 Å². The number of phenols is 1. The average molecular weight is 214 g/mol. The van der Waals surface area contributed by atoms with E-state index in [1.54, 1.807) is 12.1 Å². The van der Waals surface area contributed by atoms with Gasteiger partial charge >= 0.3 is 0 Å². The number of aromatic nitrogens is 2. The van der Waals surface area contributed by atoms with Crippen molar-refractivity contribution in [1.29, 1.82) is 0 Å². The molecule has 1 aliphatic rings.